The zero-order valence-corrected chi connectivity index (χ0v) is 9.76. The number of imidazole rings is 1. The molecule has 0 aliphatic heterocycles. The van der Waals surface area contributed by atoms with Gasteiger partial charge in [-0.05, 0) is 6.42 Å². The van der Waals surface area contributed by atoms with Crippen LogP contribution in [0.1, 0.15) is 12.2 Å². The molecule has 0 saturated heterocycles. The number of aryl methyl sites for hydroxylation is 1. The van der Waals surface area contributed by atoms with Gasteiger partial charge >= 0.3 is 10.4 Å². The fraction of sp³-hybridized carbons (Fsp3) is 0.429. The maximum absolute atomic E-state index is 8.74. The fourth-order valence-electron chi connectivity index (χ4n) is 0.889. The molecular weight excluding hydrogens is 250 g/mol. The number of hydrogen-bond donors (Lipinski definition) is 5. The molecular formula is C7H15N5O4S. The molecule has 0 fully saturated rings. The molecule has 0 aliphatic carbocycles. The molecule has 1 heterocycles. The van der Waals surface area contributed by atoms with Crippen molar-refractivity contribution in [3.63, 3.8) is 0 Å². The lowest BCUT2D eigenvalue weighted by Crippen LogP contribution is -2.23. The van der Waals surface area contributed by atoms with E-state index >= 15 is 0 Å². The van der Waals surface area contributed by atoms with E-state index in [4.69, 9.17) is 29.0 Å². The lowest BCUT2D eigenvalue weighted by atomic mass is 10.3. The number of aromatic amines is 1. The number of H-pyrrole nitrogens is 1. The van der Waals surface area contributed by atoms with Crippen molar-refractivity contribution < 1.29 is 17.5 Å². The van der Waals surface area contributed by atoms with Crippen LogP contribution in [0.5, 0.6) is 0 Å². The van der Waals surface area contributed by atoms with E-state index in [2.05, 4.69) is 15.0 Å². The second-order valence-corrected chi connectivity index (χ2v) is 3.79. The third-order valence-electron chi connectivity index (χ3n) is 1.42. The van der Waals surface area contributed by atoms with E-state index in [-0.39, 0.29) is 5.96 Å². The summed E-state index contributed by atoms with van der Waals surface area (Å²) in [6.07, 6.45) is 5.32. The van der Waals surface area contributed by atoms with Crippen LogP contribution in [0.15, 0.2) is 17.4 Å². The maximum atomic E-state index is 8.74. The number of aromatic nitrogens is 2. The lowest BCUT2D eigenvalue weighted by molar-refractivity contribution is 0.381. The molecule has 0 saturated carbocycles. The number of guanidine groups is 1. The number of rotatable bonds is 4. The van der Waals surface area contributed by atoms with Crippen molar-refractivity contribution in [3.05, 3.63) is 18.2 Å². The van der Waals surface area contributed by atoms with Crippen LogP contribution in [0, 0.1) is 0 Å². The summed E-state index contributed by atoms with van der Waals surface area (Å²) in [4.78, 5) is 10.9. The number of hydrogen-bond acceptors (Lipinski definition) is 4. The first-order chi connectivity index (χ1) is 7.79. The van der Waals surface area contributed by atoms with Crippen LogP contribution in [-0.2, 0) is 16.8 Å². The lowest BCUT2D eigenvalue weighted by Gasteiger charge is -1.94. The average Bonchev–Trinajstić information content (AvgIpc) is 2.61. The minimum atomic E-state index is -4.67. The van der Waals surface area contributed by atoms with Gasteiger partial charge < -0.3 is 16.5 Å². The van der Waals surface area contributed by atoms with E-state index in [0.717, 1.165) is 18.7 Å². The van der Waals surface area contributed by atoms with Crippen molar-refractivity contribution in [1.82, 2.24) is 9.97 Å². The highest BCUT2D eigenvalue weighted by atomic mass is 32.3. The van der Waals surface area contributed by atoms with Gasteiger partial charge in [0.15, 0.2) is 5.96 Å². The van der Waals surface area contributed by atoms with Gasteiger partial charge in [0.2, 0.25) is 0 Å². The predicted molar refractivity (Wildman–Crippen MR) is 61.8 cm³/mol. The monoisotopic (exact) mass is 265 g/mol. The molecule has 0 radical (unpaired) electrons. The van der Waals surface area contributed by atoms with Crippen molar-refractivity contribution in [1.29, 1.82) is 0 Å². The summed E-state index contributed by atoms with van der Waals surface area (Å²) in [5.74, 6) is 1.12. The smallest absolute Gasteiger partial charge is 0.370 e. The average molecular weight is 265 g/mol. The van der Waals surface area contributed by atoms with Crippen LogP contribution in [0.2, 0.25) is 0 Å². The van der Waals surface area contributed by atoms with E-state index in [1.165, 1.54) is 0 Å². The zero-order chi connectivity index (χ0) is 13.3. The first kappa shape index (κ1) is 15.3. The first-order valence-corrected chi connectivity index (χ1v) is 5.92. The summed E-state index contributed by atoms with van der Waals surface area (Å²) in [5.41, 5.74) is 10.3. The second-order valence-electron chi connectivity index (χ2n) is 2.89. The van der Waals surface area contributed by atoms with Gasteiger partial charge in [0.05, 0.1) is 0 Å². The summed E-state index contributed by atoms with van der Waals surface area (Å²) >= 11 is 0. The Bertz CT molecular complexity index is 415. The number of nitrogens with two attached hydrogens (primary N) is 2. The van der Waals surface area contributed by atoms with Gasteiger partial charge in [-0.2, -0.15) is 8.42 Å². The molecule has 0 aliphatic rings. The molecule has 98 valence electrons. The van der Waals surface area contributed by atoms with Crippen LogP contribution in [0.4, 0.5) is 0 Å². The summed E-state index contributed by atoms with van der Waals surface area (Å²) in [7, 11) is -4.67. The third-order valence-corrected chi connectivity index (χ3v) is 1.42. The van der Waals surface area contributed by atoms with Crippen molar-refractivity contribution in [2.45, 2.75) is 12.8 Å². The molecule has 9 nitrogen and oxygen atoms in total. The molecule has 0 spiro atoms. The molecule has 0 bridgehead atoms. The Morgan fingerprint density at radius 1 is 1.47 bits per heavy atom. The standard InChI is InChI=1S/C7H13N5.H2O4S/c8-7(9)12-3-1-2-6-10-4-5-11-6;1-5(2,3)4/h4-5H,1-3H2,(H,10,11)(H4,8,9,12);(H2,1,2,3,4). The Morgan fingerprint density at radius 3 is 2.47 bits per heavy atom. The number of nitrogens with one attached hydrogen (secondary N) is 1. The minimum Gasteiger partial charge on any atom is -0.370 e. The molecule has 1 aromatic rings. The molecule has 0 aromatic carbocycles. The molecule has 0 unspecified atom stereocenters. The summed E-state index contributed by atoms with van der Waals surface area (Å²) in [6, 6.07) is 0. The topological polar surface area (TPSA) is 168 Å². The summed E-state index contributed by atoms with van der Waals surface area (Å²) in [5, 5.41) is 0. The van der Waals surface area contributed by atoms with Gasteiger partial charge in [0.25, 0.3) is 0 Å². The Labute approximate surface area is 98.5 Å². The van der Waals surface area contributed by atoms with E-state index < -0.39 is 10.4 Å². The summed E-state index contributed by atoms with van der Waals surface area (Å²) < 4.78 is 31.6. The highest BCUT2D eigenvalue weighted by Crippen LogP contribution is 1.94. The van der Waals surface area contributed by atoms with Gasteiger partial charge in [0, 0.05) is 25.4 Å². The van der Waals surface area contributed by atoms with E-state index in [0.29, 0.717) is 6.54 Å². The van der Waals surface area contributed by atoms with E-state index in [1.807, 2.05) is 0 Å². The van der Waals surface area contributed by atoms with Gasteiger partial charge in [0.1, 0.15) is 5.82 Å². The Kier molecular flexibility index (Phi) is 6.86. The van der Waals surface area contributed by atoms with Gasteiger partial charge in [-0.25, -0.2) is 4.98 Å². The van der Waals surface area contributed by atoms with Gasteiger partial charge in [-0.3, -0.25) is 14.1 Å². The van der Waals surface area contributed by atoms with Crippen LogP contribution < -0.4 is 11.5 Å². The molecule has 1 aromatic heterocycles. The fourth-order valence-corrected chi connectivity index (χ4v) is 0.889. The molecule has 17 heavy (non-hydrogen) atoms. The minimum absolute atomic E-state index is 0.148. The zero-order valence-electron chi connectivity index (χ0n) is 8.94. The Hall–Kier alpha value is -1.65. The van der Waals surface area contributed by atoms with Crippen molar-refractivity contribution in [3.8, 4) is 0 Å². The molecule has 0 amide bonds. The van der Waals surface area contributed by atoms with Crippen LogP contribution >= 0.6 is 0 Å². The van der Waals surface area contributed by atoms with Crippen molar-refractivity contribution >= 4 is 16.4 Å². The van der Waals surface area contributed by atoms with Crippen LogP contribution in [0.3, 0.4) is 0 Å². The molecule has 1 rings (SSSR count). The predicted octanol–water partition coefficient (Wildman–Crippen LogP) is -1.04. The van der Waals surface area contributed by atoms with Gasteiger partial charge in [-0.15, -0.1) is 0 Å². The SMILES string of the molecule is NC(N)=NCCCc1ncc[nH]1.O=S(=O)(O)O. The largest absolute Gasteiger partial charge is 0.394 e. The Balaban J connectivity index is 0.000000437. The third kappa shape index (κ3) is 14.4. The highest BCUT2D eigenvalue weighted by Gasteiger charge is 1.92. The van der Waals surface area contributed by atoms with Crippen molar-refractivity contribution in [2.75, 3.05) is 6.54 Å². The molecule has 0 atom stereocenters. The molecule has 10 heteroatoms. The van der Waals surface area contributed by atoms with E-state index in [1.54, 1.807) is 12.4 Å². The first-order valence-electron chi connectivity index (χ1n) is 4.52. The number of nitrogens with zero attached hydrogens (tertiary/aromatic N) is 2. The molecule has 7 N–H and O–H groups in total. The highest BCUT2D eigenvalue weighted by molar-refractivity contribution is 7.79. The Morgan fingerprint density at radius 2 is 2.06 bits per heavy atom. The van der Waals surface area contributed by atoms with Gasteiger partial charge in [-0.1, -0.05) is 0 Å². The number of aliphatic imine (C=N–C) groups is 1. The normalized spacial score (nSPS) is 10.2. The van der Waals surface area contributed by atoms with Crippen molar-refractivity contribution in [2.24, 2.45) is 16.5 Å². The van der Waals surface area contributed by atoms with E-state index in [9.17, 15) is 0 Å². The summed E-state index contributed by atoms with van der Waals surface area (Å²) in [6.45, 7) is 0.656. The maximum Gasteiger partial charge on any atom is 0.394 e. The van der Waals surface area contributed by atoms with Crippen LogP contribution in [0.25, 0.3) is 0 Å². The quantitative estimate of drug-likeness (QED) is 0.200. The van der Waals surface area contributed by atoms with Crippen LogP contribution in [-0.4, -0.2) is 40.0 Å². The second kappa shape index (κ2) is 7.60.